The van der Waals surface area contributed by atoms with Gasteiger partial charge in [0.1, 0.15) is 13.2 Å². The minimum atomic E-state index is -0.546. The summed E-state index contributed by atoms with van der Waals surface area (Å²) in [5.74, 6) is -0.0976. The molecular formula is C27H23ClN2O5S. The van der Waals surface area contributed by atoms with Crippen molar-refractivity contribution < 1.29 is 23.9 Å². The van der Waals surface area contributed by atoms with Crippen LogP contribution in [0.2, 0.25) is 5.02 Å². The molecule has 184 valence electrons. The number of methoxy groups -OCH3 is 1. The van der Waals surface area contributed by atoms with Crippen LogP contribution in [0.4, 0.5) is 10.5 Å². The molecule has 0 aliphatic carbocycles. The summed E-state index contributed by atoms with van der Waals surface area (Å²) in [6.07, 6.45) is 1.57. The number of imide groups is 1. The minimum Gasteiger partial charge on any atom is -0.493 e. The lowest BCUT2D eigenvalue weighted by Gasteiger charge is -2.14. The van der Waals surface area contributed by atoms with Crippen molar-refractivity contribution >= 4 is 52.2 Å². The van der Waals surface area contributed by atoms with Gasteiger partial charge in [-0.05, 0) is 60.7 Å². The number of hydrogen-bond acceptors (Lipinski definition) is 6. The molecule has 1 fully saturated rings. The highest BCUT2D eigenvalue weighted by molar-refractivity contribution is 8.18. The van der Waals surface area contributed by atoms with Crippen LogP contribution in [0.5, 0.6) is 11.5 Å². The average molecular weight is 523 g/mol. The third kappa shape index (κ3) is 6.08. The molecule has 1 aliphatic rings. The molecule has 7 nitrogen and oxygen atoms in total. The van der Waals surface area contributed by atoms with Gasteiger partial charge < -0.3 is 14.8 Å². The number of anilines is 1. The summed E-state index contributed by atoms with van der Waals surface area (Å²) in [5.41, 5.74) is 3.11. The summed E-state index contributed by atoms with van der Waals surface area (Å²) in [6, 6.07) is 19.8. The molecule has 0 unspecified atom stereocenters. The smallest absolute Gasteiger partial charge is 0.294 e. The summed E-state index contributed by atoms with van der Waals surface area (Å²) in [5, 5.41) is 2.81. The first kappa shape index (κ1) is 25.3. The zero-order valence-electron chi connectivity index (χ0n) is 19.6. The zero-order valence-corrected chi connectivity index (χ0v) is 21.2. The number of rotatable bonds is 8. The summed E-state index contributed by atoms with van der Waals surface area (Å²) in [7, 11) is 1.52. The number of nitrogens with one attached hydrogen (secondary N) is 1. The van der Waals surface area contributed by atoms with E-state index in [1.165, 1.54) is 7.11 Å². The van der Waals surface area contributed by atoms with Crippen molar-refractivity contribution in [3.8, 4) is 11.5 Å². The molecule has 1 heterocycles. The Morgan fingerprint density at radius 1 is 1.06 bits per heavy atom. The second kappa shape index (κ2) is 11.3. The number of thioether (sulfide) groups is 1. The number of ether oxygens (including phenoxy) is 2. The van der Waals surface area contributed by atoms with Crippen LogP contribution < -0.4 is 14.8 Å². The Labute approximate surface area is 218 Å². The quantitative estimate of drug-likeness (QED) is 0.370. The summed E-state index contributed by atoms with van der Waals surface area (Å²) in [4.78, 5) is 39.1. The molecule has 36 heavy (non-hydrogen) atoms. The SMILES string of the molecule is COc1cccc(/C=C2/SC(=O)N(CC(=O)Nc3ccc(C)cc3)C2=O)c1OCc1ccc(Cl)cc1. The van der Waals surface area contributed by atoms with E-state index >= 15 is 0 Å². The number of carbonyl (C=O) groups excluding carboxylic acids is 3. The lowest BCUT2D eigenvalue weighted by Crippen LogP contribution is -2.36. The molecule has 0 bridgehead atoms. The number of halogens is 1. The molecule has 3 aromatic rings. The molecule has 0 radical (unpaired) electrons. The highest BCUT2D eigenvalue weighted by Gasteiger charge is 2.36. The Balaban J connectivity index is 1.50. The Morgan fingerprint density at radius 3 is 2.47 bits per heavy atom. The van der Waals surface area contributed by atoms with Gasteiger partial charge in [-0.2, -0.15) is 0 Å². The Kier molecular flexibility index (Phi) is 7.97. The van der Waals surface area contributed by atoms with E-state index in [0.29, 0.717) is 27.8 Å². The molecule has 3 aromatic carbocycles. The fraction of sp³-hybridized carbons (Fsp3) is 0.148. The van der Waals surface area contributed by atoms with Gasteiger partial charge in [-0.1, -0.05) is 53.6 Å². The number of benzene rings is 3. The monoisotopic (exact) mass is 522 g/mol. The van der Waals surface area contributed by atoms with E-state index in [1.807, 2.05) is 31.2 Å². The maximum Gasteiger partial charge on any atom is 0.294 e. The predicted octanol–water partition coefficient (Wildman–Crippen LogP) is 5.91. The fourth-order valence-corrected chi connectivity index (χ4v) is 4.41. The van der Waals surface area contributed by atoms with Crippen molar-refractivity contribution in [1.29, 1.82) is 0 Å². The van der Waals surface area contributed by atoms with Crippen LogP contribution in [0.1, 0.15) is 16.7 Å². The Morgan fingerprint density at radius 2 is 1.78 bits per heavy atom. The van der Waals surface area contributed by atoms with Crippen LogP contribution in [0.3, 0.4) is 0 Å². The van der Waals surface area contributed by atoms with Gasteiger partial charge in [-0.3, -0.25) is 19.3 Å². The fourth-order valence-electron chi connectivity index (χ4n) is 3.46. The second-order valence-electron chi connectivity index (χ2n) is 7.98. The molecule has 9 heteroatoms. The van der Waals surface area contributed by atoms with Crippen LogP contribution in [0.25, 0.3) is 6.08 Å². The van der Waals surface area contributed by atoms with Gasteiger partial charge in [0.05, 0.1) is 12.0 Å². The van der Waals surface area contributed by atoms with Crippen LogP contribution >= 0.6 is 23.4 Å². The van der Waals surface area contributed by atoms with E-state index in [2.05, 4.69) is 5.32 Å². The lowest BCUT2D eigenvalue weighted by molar-refractivity contribution is -0.127. The predicted molar refractivity (Wildman–Crippen MR) is 141 cm³/mol. The van der Waals surface area contributed by atoms with Gasteiger partial charge >= 0.3 is 0 Å². The van der Waals surface area contributed by atoms with Crippen LogP contribution in [0.15, 0.2) is 71.6 Å². The summed E-state index contributed by atoms with van der Waals surface area (Å²) < 4.78 is 11.5. The molecule has 1 aliphatic heterocycles. The topological polar surface area (TPSA) is 84.9 Å². The van der Waals surface area contributed by atoms with E-state index in [1.54, 1.807) is 48.5 Å². The molecule has 4 rings (SSSR count). The van der Waals surface area contributed by atoms with E-state index in [4.69, 9.17) is 21.1 Å². The largest absolute Gasteiger partial charge is 0.493 e. The van der Waals surface area contributed by atoms with Crippen LogP contribution in [-0.2, 0) is 16.2 Å². The Hall–Kier alpha value is -3.75. The number of amides is 3. The molecule has 0 saturated carbocycles. The third-order valence-corrected chi connectivity index (χ3v) is 6.48. The van der Waals surface area contributed by atoms with Crippen molar-refractivity contribution in [1.82, 2.24) is 4.90 Å². The van der Waals surface area contributed by atoms with E-state index < -0.39 is 17.1 Å². The van der Waals surface area contributed by atoms with Crippen molar-refractivity contribution in [3.63, 3.8) is 0 Å². The van der Waals surface area contributed by atoms with Gasteiger partial charge in [-0.25, -0.2) is 0 Å². The first-order chi connectivity index (χ1) is 17.3. The molecular weight excluding hydrogens is 500 g/mol. The number of hydrogen-bond donors (Lipinski definition) is 1. The molecule has 0 spiro atoms. The number of nitrogens with zero attached hydrogens (tertiary/aromatic N) is 1. The van der Waals surface area contributed by atoms with Gasteiger partial charge in [-0.15, -0.1) is 0 Å². The molecule has 0 atom stereocenters. The lowest BCUT2D eigenvalue weighted by atomic mass is 10.1. The first-order valence-electron chi connectivity index (χ1n) is 11.0. The summed E-state index contributed by atoms with van der Waals surface area (Å²) >= 11 is 6.72. The number of para-hydroxylation sites is 1. The maximum absolute atomic E-state index is 13.0. The van der Waals surface area contributed by atoms with Gasteiger partial charge in [0.25, 0.3) is 11.1 Å². The van der Waals surface area contributed by atoms with Crippen molar-refractivity contribution in [3.05, 3.63) is 93.3 Å². The normalized spacial score (nSPS) is 14.3. The van der Waals surface area contributed by atoms with Gasteiger partial charge in [0.2, 0.25) is 5.91 Å². The summed E-state index contributed by atoms with van der Waals surface area (Å²) in [6.45, 7) is 1.81. The third-order valence-electron chi connectivity index (χ3n) is 5.32. The zero-order chi connectivity index (χ0) is 25.7. The minimum absolute atomic E-state index is 0.188. The van der Waals surface area contributed by atoms with E-state index in [-0.39, 0.29) is 18.1 Å². The molecule has 0 aromatic heterocycles. The van der Waals surface area contributed by atoms with Gasteiger partial charge in [0, 0.05) is 16.3 Å². The highest BCUT2D eigenvalue weighted by Crippen LogP contribution is 2.37. The Bertz CT molecular complexity index is 1320. The van der Waals surface area contributed by atoms with Crippen molar-refractivity contribution in [2.45, 2.75) is 13.5 Å². The van der Waals surface area contributed by atoms with Crippen molar-refractivity contribution in [2.75, 3.05) is 19.0 Å². The molecule has 1 N–H and O–H groups in total. The number of aryl methyl sites for hydroxylation is 1. The van der Waals surface area contributed by atoms with Crippen LogP contribution in [-0.4, -0.2) is 35.6 Å². The van der Waals surface area contributed by atoms with Gasteiger partial charge in [0.15, 0.2) is 11.5 Å². The standard InChI is InChI=1S/C27H23ClN2O5S/c1-17-6-12-21(13-7-17)29-24(31)15-30-26(32)23(36-27(30)33)14-19-4-3-5-22(34-2)25(19)35-16-18-8-10-20(28)11-9-18/h3-14H,15-16H2,1-2H3,(H,29,31)/b23-14+. The highest BCUT2D eigenvalue weighted by atomic mass is 35.5. The maximum atomic E-state index is 13.0. The van der Waals surface area contributed by atoms with E-state index in [9.17, 15) is 14.4 Å². The average Bonchev–Trinajstić information content (AvgIpc) is 3.12. The molecule has 3 amide bonds. The van der Waals surface area contributed by atoms with Crippen molar-refractivity contribution in [2.24, 2.45) is 0 Å². The van der Waals surface area contributed by atoms with E-state index in [0.717, 1.165) is 27.8 Å². The second-order valence-corrected chi connectivity index (χ2v) is 9.41. The number of carbonyl (C=O) groups is 3. The van der Waals surface area contributed by atoms with Crippen LogP contribution in [0, 0.1) is 6.92 Å². The molecule has 1 saturated heterocycles. The first-order valence-corrected chi connectivity index (χ1v) is 12.2.